The molecule has 0 saturated carbocycles. The minimum atomic E-state index is -0.620. The number of nitrogens with one attached hydrogen (secondary N) is 1. The van der Waals surface area contributed by atoms with E-state index in [0.717, 1.165) is 11.1 Å². The van der Waals surface area contributed by atoms with Crippen molar-refractivity contribution in [2.75, 3.05) is 0 Å². The average molecular weight is 443 g/mol. The molecule has 30 heavy (non-hydrogen) atoms. The van der Waals surface area contributed by atoms with Gasteiger partial charge in [-0.1, -0.05) is 59.6 Å². The Morgan fingerprint density at radius 3 is 2.60 bits per heavy atom. The van der Waals surface area contributed by atoms with Crippen molar-refractivity contribution >= 4 is 34.8 Å². The molecule has 0 atom stereocenters. The minimum Gasteiger partial charge on any atom is -0.409 e. The normalized spacial score (nSPS) is 10.9. The topological polar surface area (TPSA) is 77.6 Å². The Bertz CT molecular complexity index is 1270. The summed E-state index contributed by atoms with van der Waals surface area (Å²) in [6.07, 6.45) is 2.27. The second-order valence-corrected chi connectivity index (χ2v) is 7.36. The van der Waals surface area contributed by atoms with E-state index in [0.29, 0.717) is 16.6 Å². The number of aromatic nitrogens is 3. The summed E-state index contributed by atoms with van der Waals surface area (Å²) in [5, 5.41) is 7.73. The first-order valence-corrected chi connectivity index (χ1v) is 9.76. The second-order valence-electron chi connectivity index (χ2n) is 6.55. The number of hydrogen-bond acceptors (Lipinski definition) is 4. The van der Waals surface area contributed by atoms with Gasteiger partial charge in [0.2, 0.25) is 0 Å². The van der Waals surface area contributed by atoms with Gasteiger partial charge in [-0.3, -0.25) is 9.36 Å². The molecule has 2 heterocycles. The summed E-state index contributed by atoms with van der Waals surface area (Å²) in [4.78, 5) is 24.8. The Hall–Kier alpha value is -3.29. The van der Waals surface area contributed by atoms with Crippen LogP contribution in [-0.4, -0.2) is 20.3 Å². The van der Waals surface area contributed by atoms with E-state index < -0.39 is 6.09 Å². The molecule has 1 N–H and O–H groups in total. The summed E-state index contributed by atoms with van der Waals surface area (Å²) in [6, 6.07) is 16.1. The predicted octanol–water partition coefficient (Wildman–Crippen LogP) is 4.14. The monoisotopic (exact) mass is 442 g/mol. The maximum absolute atomic E-state index is 12.8. The lowest BCUT2D eigenvalue weighted by Crippen LogP contribution is -2.26. The molecule has 4 aromatic rings. The van der Waals surface area contributed by atoms with Crippen molar-refractivity contribution in [3.05, 3.63) is 98.6 Å². The van der Waals surface area contributed by atoms with Crippen LogP contribution in [0.2, 0.25) is 10.0 Å². The number of fused-ring (bicyclic) bond motifs is 1. The van der Waals surface area contributed by atoms with Crippen LogP contribution < -0.4 is 15.6 Å². The fourth-order valence-corrected chi connectivity index (χ4v) is 3.24. The zero-order valence-corrected chi connectivity index (χ0v) is 17.1. The van der Waals surface area contributed by atoms with Crippen molar-refractivity contribution < 1.29 is 9.53 Å². The highest BCUT2D eigenvalue weighted by Gasteiger charge is 2.12. The van der Waals surface area contributed by atoms with Crippen LogP contribution in [0.25, 0.3) is 5.52 Å². The summed E-state index contributed by atoms with van der Waals surface area (Å²) in [6.45, 7) is 0.611. The third-order valence-corrected chi connectivity index (χ3v) is 5.14. The van der Waals surface area contributed by atoms with Crippen LogP contribution >= 0.6 is 23.2 Å². The molecule has 0 fully saturated rings. The smallest absolute Gasteiger partial charge is 0.409 e. The summed E-state index contributed by atoms with van der Waals surface area (Å²) < 4.78 is 8.08. The summed E-state index contributed by atoms with van der Waals surface area (Å²) >= 11 is 12.0. The Morgan fingerprint density at radius 1 is 1.03 bits per heavy atom. The first-order valence-electron chi connectivity index (χ1n) is 9.01. The number of carbonyl (C=O) groups is 1. The van der Waals surface area contributed by atoms with Gasteiger partial charge in [0.05, 0.1) is 22.8 Å². The van der Waals surface area contributed by atoms with Gasteiger partial charge in [0.25, 0.3) is 5.56 Å². The zero-order valence-electron chi connectivity index (χ0n) is 15.6. The molecule has 152 valence electrons. The van der Waals surface area contributed by atoms with Gasteiger partial charge >= 0.3 is 6.09 Å². The van der Waals surface area contributed by atoms with E-state index in [1.54, 1.807) is 18.2 Å². The molecule has 4 rings (SSSR count). The van der Waals surface area contributed by atoms with Crippen molar-refractivity contribution in [2.24, 2.45) is 0 Å². The number of nitrogens with zero attached hydrogens (tertiary/aromatic N) is 3. The standard InChI is InChI=1S/C21H16Cl2N4O3/c22-17-7-6-15(8-18(17)23)11-26-13-25-27-12-16(9-19(27)20(26)28)30-21(29)24-10-14-4-2-1-3-5-14/h1-9,12-13H,10-11H2,(H,24,29). The molecule has 0 aliphatic rings. The maximum atomic E-state index is 12.8. The number of ether oxygens (including phenoxy) is 1. The number of hydrogen-bond donors (Lipinski definition) is 1. The van der Waals surface area contributed by atoms with Crippen molar-refractivity contribution in [3.63, 3.8) is 0 Å². The Kier molecular flexibility index (Phi) is 5.74. The van der Waals surface area contributed by atoms with Crippen LogP contribution in [0.15, 0.2) is 71.9 Å². The SMILES string of the molecule is O=C(NCc1ccccc1)Oc1cc2c(=O)n(Cc3ccc(Cl)c(Cl)c3)cnn2c1. The zero-order chi connectivity index (χ0) is 21.1. The van der Waals surface area contributed by atoms with E-state index in [9.17, 15) is 9.59 Å². The highest BCUT2D eigenvalue weighted by molar-refractivity contribution is 6.42. The first kappa shape index (κ1) is 20.0. The van der Waals surface area contributed by atoms with Crippen LogP contribution in [0, 0.1) is 0 Å². The summed E-state index contributed by atoms with van der Waals surface area (Å²) in [5.74, 6) is 0.220. The molecule has 0 saturated heterocycles. The number of benzene rings is 2. The van der Waals surface area contributed by atoms with Crippen LogP contribution in [-0.2, 0) is 13.1 Å². The van der Waals surface area contributed by atoms with Crippen LogP contribution in [0.1, 0.15) is 11.1 Å². The van der Waals surface area contributed by atoms with Gasteiger partial charge in [0.1, 0.15) is 11.8 Å². The Morgan fingerprint density at radius 2 is 1.83 bits per heavy atom. The molecule has 7 nitrogen and oxygen atoms in total. The molecule has 0 spiro atoms. The van der Waals surface area contributed by atoms with Crippen molar-refractivity contribution in [2.45, 2.75) is 13.1 Å². The Balaban J connectivity index is 1.48. The lowest BCUT2D eigenvalue weighted by Gasteiger charge is -2.06. The molecular weight excluding hydrogens is 427 g/mol. The highest BCUT2D eigenvalue weighted by Crippen LogP contribution is 2.23. The number of amides is 1. The van der Waals surface area contributed by atoms with E-state index in [1.165, 1.54) is 27.7 Å². The Labute approximate surface area is 181 Å². The number of rotatable bonds is 5. The van der Waals surface area contributed by atoms with Crippen LogP contribution in [0.3, 0.4) is 0 Å². The molecule has 0 bridgehead atoms. The van der Waals surface area contributed by atoms with Crippen LogP contribution in [0.5, 0.6) is 5.75 Å². The maximum Gasteiger partial charge on any atom is 0.412 e. The summed E-state index contributed by atoms with van der Waals surface area (Å²) in [5.41, 5.74) is 1.75. The lowest BCUT2D eigenvalue weighted by molar-refractivity contribution is 0.200. The molecule has 2 aromatic carbocycles. The van der Waals surface area contributed by atoms with Gasteiger partial charge in [0, 0.05) is 12.6 Å². The third-order valence-electron chi connectivity index (χ3n) is 4.40. The van der Waals surface area contributed by atoms with Gasteiger partial charge in [-0.15, -0.1) is 0 Å². The number of halogens is 2. The van der Waals surface area contributed by atoms with Crippen molar-refractivity contribution in [1.29, 1.82) is 0 Å². The lowest BCUT2D eigenvalue weighted by atomic mass is 10.2. The van der Waals surface area contributed by atoms with Gasteiger partial charge < -0.3 is 10.1 Å². The fraction of sp³-hybridized carbons (Fsp3) is 0.0952. The van der Waals surface area contributed by atoms with Gasteiger partial charge in [-0.05, 0) is 23.3 Å². The molecule has 0 unspecified atom stereocenters. The highest BCUT2D eigenvalue weighted by atomic mass is 35.5. The van der Waals surface area contributed by atoms with E-state index in [-0.39, 0.29) is 23.4 Å². The van der Waals surface area contributed by atoms with Gasteiger partial charge in [-0.25, -0.2) is 9.31 Å². The molecular formula is C21H16Cl2N4O3. The minimum absolute atomic E-state index is 0.220. The molecule has 0 radical (unpaired) electrons. The molecule has 0 aliphatic heterocycles. The van der Waals surface area contributed by atoms with E-state index in [1.807, 2.05) is 30.3 Å². The molecule has 2 aromatic heterocycles. The van der Waals surface area contributed by atoms with Crippen LogP contribution in [0.4, 0.5) is 4.79 Å². The fourth-order valence-electron chi connectivity index (χ4n) is 2.92. The predicted molar refractivity (Wildman–Crippen MR) is 114 cm³/mol. The second kappa shape index (κ2) is 8.61. The molecule has 0 aliphatic carbocycles. The third kappa shape index (κ3) is 4.48. The van der Waals surface area contributed by atoms with E-state index >= 15 is 0 Å². The molecule has 1 amide bonds. The van der Waals surface area contributed by atoms with E-state index in [4.69, 9.17) is 27.9 Å². The van der Waals surface area contributed by atoms with E-state index in [2.05, 4.69) is 10.4 Å². The quantitative estimate of drug-likeness (QED) is 0.503. The molecule has 9 heteroatoms. The van der Waals surface area contributed by atoms with Gasteiger partial charge in [0.15, 0.2) is 5.75 Å². The largest absolute Gasteiger partial charge is 0.412 e. The van der Waals surface area contributed by atoms with Gasteiger partial charge in [-0.2, -0.15) is 5.10 Å². The average Bonchev–Trinajstić information content (AvgIpc) is 3.15. The van der Waals surface area contributed by atoms with Crippen molar-refractivity contribution in [1.82, 2.24) is 19.5 Å². The van der Waals surface area contributed by atoms with Crippen molar-refractivity contribution in [3.8, 4) is 5.75 Å². The summed E-state index contributed by atoms with van der Waals surface area (Å²) in [7, 11) is 0. The number of carbonyl (C=O) groups excluding carboxylic acids is 1. The first-order chi connectivity index (χ1) is 14.5.